The van der Waals surface area contributed by atoms with E-state index in [0.29, 0.717) is 5.75 Å². The van der Waals surface area contributed by atoms with Gasteiger partial charge in [0.2, 0.25) is 0 Å². The summed E-state index contributed by atoms with van der Waals surface area (Å²) < 4.78 is 15.8. The number of carbonyl (C=O) groups is 1. The molecule has 1 heterocycles. The minimum atomic E-state index is -0.415. The molecule has 0 unspecified atom stereocenters. The van der Waals surface area contributed by atoms with Crippen LogP contribution < -0.4 is 14.4 Å². The van der Waals surface area contributed by atoms with Gasteiger partial charge in [0.15, 0.2) is 6.61 Å². The maximum Gasteiger partial charge on any atom is 0.343 e. The van der Waals surface area contributed by atoms with E-state index >= 15 is 0 Å². The topological polar surface area (TPSA) is 60.9 Å². The van der Waals surface area contributed by atoms with Crippen LogP contribution in [0.4, 0.5) is 5.82 Å². The summed E-state index contributed by atoms with van der Waals surface area (Å²) in [5, 5.41) is 0. The molecule has 0 spiro atoms. The molecule has 0 N–H and O–H groups in total. The van der Waals surface area contributed by atoms with E-state index in [2.05, 4.69) is 40.8 Å². The van der Waals surface area contributed by atoms with Crippen LogP contribution in [-0.4, -0.2) is 50.6 Å². The third kappa shape index (κ3) is 6.90. The van der Waals surface area contributed by atoms with E-state index in [1.165, 1.54) is 12.7 Å². The standard InChI is InChI=1S/C27H32N2O4S/c1-5-29(26-13-12-22(18-28-26)21-10-7-6-8-11-21)14-9-15-34-25-16-20(2)23(17-24(25)31-3)33-19-27(30)32-4/h6-8,10-13,16-18H,5,9,14-15,19H2,1-4H3. The Hall–Kier alpha value is -3.19. The van der Waals surface area contributed by atoms with E-state index in [1.54, 1.807) is 18.9 Å². The van der Waals surface area contributed by atoms with Gasteiger partial charge in [-0.2, -0.15) is 0 Å². The number of thioether (sulfide) groups is 1. The predicted molar refractivity (Wildman–Crippen MR) is 138 cm³/mol. The van der Waals surface area contributed by atoms with Crippen LogP contribution in [0.25, 0.3) is 11.1 Å². The lowest BCUT2D eigenvalue weighted by Gasteiger charge is -2.22. The molecule has 0 amide bonds. The molecular formula is C27H32N2O4S. The minimum Gasteiger partial charge on any atom is -0.495 e. The predicted octanol–water partition coefficient (Wildman–Crippen LogP) is 5.63. The number of benzene rings is 2. The summed E-state index contributed by atoms with van der Waals surface area (Å²) in [6.07, 6.45) is 2.95. The van der Waals surface area contributed by atoms with Gasteiger partial charge in [-0.3, -0.25) is 0 Å². The molecule has 0 saturated heterocycles. The van der Waals surface area contributed by atoms with Crippen molar-refractivity contribution in [3.63, 3.8) is 0 Å². The lowest BCUT2D eigenvalue weighted by molar-refractivity contribution is -0.142. The molecule has 3 rings (SSSR count). The van der Waals surface area contributed by atoms with Crippen LogP contribution >= 0.6 is 11.8 Å². The minimum absolute atomic E-state index is 0.125. The summed E-state index contributed by atoms with van der Waals surface area (Å²) in [6, 6.07) is 18.4. The van der Waals surface area contributed by atoms with Crippen LogP contribution in [0.3, 0.4) is 0 Å². The quantitative estimate of drug-likeness (QED) is 0.189. The second-order valence-corrected chi connectivity index (χ2v) is 8.82. The molecule has 0 aliphatic heterocycles. The summed E-state index contributed by atoms with van der Waals surface area (Å²) in [7, 11) is 2.98. The fourth-order valence-corrected chi connectivity index (χ4v) is 4.55. The first kappa shape index (κ1) is 25.4. The Labute approximate surface area is 206 Å². The number of hydrogen-bond acceptors (Lipinski definition) is 7. The molecule has 1 aromatic heterocycles. The number of anilines is 1. The van der Waals surface area contributed by atoms with Crippen LogP contribution in [0.15, 0.2) is 65.7 Å². The van der Waals surface area contributed by atoms with Crippen molar-refractivity contribution in [1.82, 2.24) is 4.98 Å². The maximum atomic E-state index is 11.4. The SMILES string of the molecule is CCN(CCCSc1cc(C)c(OCC(=O)OC)cc1OC)c1ccc(-c2ccccc2)cn1. The van der Waals surface area contributed by atoms with Crippen LogP contribution in [-0.2, 0) is 9.53 Å². The third-order valence-electron chi connectivity index (χ3n) is 5.43. The van der Waals surface area contributed by atoms with Gasteiger partial charge in [-0.15, -0.1) is 11.8 Å². The smallest absolute Gasteiger partial charge is 0.343 e. The monoisotopic (exact) mass is 480 g/mol. The highest BCUT2D eigenvalue weighted by Crippen LogP contribution is 2.35. The van der Waals surface area contributed by atoms with Crippen molar-refractivity contribution in [2.24, 2.45) is 0 Å². The highest BCUT2D eigenvalue weighted by molar-refractivity contribution is 7.99. The Kier molecular flexibility index (Phi) is 9.64. The number of nitrogens with zero attached hydrogens (tertiary/aromatic N) is 2. The number of hydrogen-bond donors (Lipinski definition) is 0. The normalized spacial score (nSPS) is 10.6. The van der Waals surface area contributed by atoms with Gasteiger partial charge in [-0.05, 0) is 55.3 Å². The molecule has 2 aromatic carbocycles. The second kappa shape index (κ2) is 12.9. The number of esters is 1. The molecule has 34 heavy (non-hydrogen) atoms. The highest BCUT2D eigenvalue weighted by Gasteiger charge is 2.12. The third-order valence-corrected chi connectivity index (χ3v) is 6.55. The zero-order chi connectivity index (χ0) is 24.3. The molecule has 0 aliphatic rings. The molecular weight excluding hydrogens is 448 g/mol. The van der Waals surface area contributed by atoms with E-state index in [9.17, 15) is 4.79 Å². The molecule has 0 aliphatic carbocycles. The van der Waals surface area contributed by atoms with Gasteiger partial charge in [0.05, 0.1) is 14.2 Å². The van der Waals surface area contributed by atoms with Crippen molar-refractivity contribution in [3.05, 3.63) is 66.4 Å². The summed E-state index contributed by atoms with van der Waals surface area (Å²) in [5.41, 5.74) is 3.24. The second-order valence-electron chi connectivity index (χ2n) is 7.69. The van der Waals surface area contributed by atoms with Crippen molar-refractivity contribution in [2.75, 3.05) is 44.6 Å². The van der Waals surface area contributed by atoms with Gasteiger partial charge in [-0.1, -0.05) is 30.3 Å². The van der Waals surface area contributed by atoms with Gasteiger partial charge >= 0.3 is 5.97 Å². The highest BCUT2D eigenvalue weighted by atomic mass is 32.2. The molecule has 0 radical (unpaired) electrons. The van der Waals surface area contributed by atoms with E-state index in [-0.39, 0.29) is 6.61 Å². The molecule has 0 bridgehead atoms. The fraction of sp³-hybridized carbons (Fsp3) is 0.333. The van der Waals surface area contributed by atoms with Gasteiger partial charge < -0.3 is 19.1 Å². The largest absolute Gasteiger partial charge is 0.495 e. The summed E-state index contributed by atoms with van der Waals surface area (Å²) in [5.74, 6) is 2.88. The molecule has 6 nitrogen and oxygen atoms in total. The van der Waals surface area contributed by atoms with Crippen LogP contribution in [0.1, 0.15) is 18.9 Å². The summed E-state index contributed by atoms with van der Waals surface area (Å²) in [6.45, 7) is 5.80. The van der Waals surface area contributed by atoms with Crippen molar-refractivity contribution in [1.29, 1.82) is 0 Å². The van der Waals surface area contributed by atoms with E-state index in [0.717, 1.165) is 52.9 Å². The average Bonchev–Trinajstić information content (AvgIpc) is 2.88. The summed E-state index contributed by atoms with van der Waals surface area (Å²) in [4.78, 5) is 19.4. The van der Waals surface area contributed by atoms with Crippen molar-refractivity contribution >= 4 is 23.5 Å². The molecule has 0 atom stereocenters. The lowest BCUT2D eigenvalue weighted by atomic mass is 10.1. The molecule has 180 valence electrons. The Morgan fingerprint density at radius 1 is 1.03 bits per heavy atom. The number of rotatable bonds is 12. The van der Waals surface area contributed by atoms with Gasteiger partial charge in [0.25, 0.3) is 0 Å². The first-order valence-corrected chi connectivity index (χ1v) is 12.3. The zero-order valence-corrected chi connectivity index (χ0v) is 21.1. The average molecular weight is 481 g/mol. The number of ether oxygens (including phenoxy) is 3. The molecule has 3 aromatic rings. The van der Waals surface area contributed by atoms with Crippen molar-refractivity contribution in [3.8, 4) is 22.6 Å². The van der Waals surface area contributed by atoms with E-state index in [1.807, 2.05) is 43.5 Å². The van der Waals surface area contributed by atoms with Gasteiger partial charge in [0, 0.05) is 35.8 Å². The first-order chi connectivity index (χ1) is 16.5. The zero-order valence-electron chi connectivity index (χ0n) is 20.2. The molecule has 0 saturated carbocycles. The van der Waals surface area contributed by atoms with Crippen molar-refractivity contribution in [2.45, 2.75) is 25.2 Å². The number of aryl methyl sites for hydroxylation is 1. The number of aromatic nitrogens is 1. The molecule has 0 fully saturated rings. The number of carbonyl (C=O) groups excluding carboxylic acids is 1. The maximum absolute atomic E-state index is 11.4. The van der Waals surface area contributed by atoms with Crippen molar-refractivity contribution < 1.29 is 19.0 Å². The lowest BCUT2D eigenvalue weighted by Crippen LogP contribution is -2.25. The number of pyridine rings is 1. The molecule has 7 heteroatoms. The summed E-state index contributed by atoms with van der Waals surface area (Å²) >= 11 is 1.75. The van der Waals surface area contributed by atoms with Crippen LogP contribution in [0.5, 0.6) is 11.5 Å². The Bertz CT molecular complexity index is 1060. The fourth-order valence-electron chi connectivity index (χ4n) is 3.51. The van der Waals surface area contributed by atoms with E-state index in [4.69, 9.17) is 14.5 Å². The number of methoxy groups -OCH3 is 2. The Morgan fingerprint density at radius 2 is 1.82 bits per heavy atom. The Balaban J connectivity index is 1.55. The van der Waals surface area contributed by atoms with Crippen LogP contribution in [0, 0.1) is 6.92 Å². The van der Waals surface area contributed by atoms with Gasteiger partial charge in [0.1, 0.15) is 17.3 Å². The van der Waals surface area contributed by atoms with E-state index < -0.39 is 5.97 Å². The van der Waals surface area contributed by atoms with Gasteiger partial charge in [-0.25, -0.2) is 9.78 Å². The van der Waals surface area contributed by atoms with Crippen LogP contribution in [0.2, 0.25) is 0 Å². The Morgan fingerprint density at radius 3 is 2.47 bits per heavy atom. The first-order valence-electron chi connectivity index (χ1n) is 11.3.